The Morgan fingerprint density at radius 3 is 2.76 bits per heavy atom. The van der Waals surface area contributed by atoms with Gasteiger partial charge in [0, 0.05) is 9.26 Å². The molecule has 1 aromatic carbocycles. The molecule has 90 valence electrons. The maximum atomic E-state index is 11.4. The standard InChI is InChI=1S/C11H10ClIN2O2/c1-2-10(16)14-6-11(17)15-7-3-4-9(13)8(12)5-7/h2-5H,1,6H2,(H,14,16)(H,15,17). The monoisotopic (exact) mass is 364 g/mol. The summed E-state index contributed by atoms with van der Waals surface area (Å²) in [6, 6.07) is 5.18. The summed E-state index contributed by atoms with van der Waals surface area (Å²) in [7, 11) is 0. The van der Waals surface area contributed by atoms with Crippen LogP contribution in [0.1, 0.15) is 0 Å². The molecule has 1 aromatic rings. The second-order valence-electron chi connectivity index (χ2n) is 3.10. The number of carbonyl (C=O) groups is 2. The molecule has 0 aliphatic rings. The van der Waals surface area contributed by atoms with Crippen molar-refractivity contribution in [1.29, 1.82) is 0 Å². The van der Waals surface area contributed by atoms with E-state index in [2.05, 4.69) is 39.8 Å². The molecule has 2 amide bonds. The Hall–Kier alpha value is -1.08. The highest BCUT2D eigenvalue weighted by molar-refractivity contribution is 14.1. The zero-order chi connectivity index (χ0) is 12.8. The Balaban J connectivity index is 2.53. The molecule has 17 heavy (non-hydrogen) atoms. The molecule has 0 saturated carbocycles. The number of amides is 2. The Morgan fingerprint density at radius 2 is 2.18 bits per heavy atom. The van der Waals surface area contributed by atoms with Gasteiger partial charge in [0.1, 0.15) is 0 Å². The van der Waals surface area contributed by atoms with Crippen molar-refractivity contribution in [3.8, 4) is 0 Å². The first kappa shape index (κ1) is 14.0. The summed E-state index contributed by atoms with van der Waals surface area (Å²) < 4.78 is 0.905. The van der Waals surface area contributed by atoms with E-state index in [1.807, 2.05) is 0 Å². The van der Waals surface area contributed by atoms with Crippen LogP contribution >= 0.6 is 34.2 Å². The van der Waals surface area contributed by atoms with Crippen molar-refractivity contribution in [3.05, 3.63) is 39.4 Å². The van der Waals surface area contributed by atoms with Crippen LogP contribution in [0.3, 0.4) is 0 Å². The van der Waals surface area contributed by atoms with Crippen LogP contribution in [0.4, 0.5) is 5.69 Å². The molecule has 6 heteroatoms. The van der Waals surface area contributed by atoms with Gasteiger partial charge in [0.2, 0.25) is 11.8 Å². The fourth-order valence-corrected chi connectivity index (χ4v) is 1.53. The van der Waals surface area contributed by atoms with Gasteiger partial charge in [-0.3, -0.25) is 9.59 Å². The maximum Gasteiger partial charge on any atom is 0.243 e. The number of hydrogen-bond acceptors (Lipinski definition) is 2. The van der Waals surface area contributed by atoms with Gasteiger partial charge < -0.3 is 10.6 Å². The van der Waals surface area contributed by atoms with Gasteiger partial charge in [-0.1, -0.05) is 18.2 Å². The fourth-order valence-electron chi connectivity index (χ4n) is 1.02. The van der Waals surface area contributed by atoms with Gasteiger partial charge in [0.25, 0.3) is 0 Å². The van der Waals surface area contributed by atoms with Crippen molar-refractivity contribution in [3.63, 3.8) is 0 Å². The minimum atomic E-state index is -0.388. The fraction of sp³-hybridized carbons (Fsp3) is 0.0909. The second-order valence-corrected chi connectivity index (χ2v) is 4.67. The smallest absolute Gasteiger partial charge is 0.243 e. The van der Waals surface area contributed by atoms with Crippen LogP contribution in [-0.4, -0.2) is 18.4 Å². The number of hydrogen-bond donors (Lipinski definition) is 2. The van der Waals surface area contributed by atoms with Gasteiger partial charge >= 0.3 is 0 Å². The third-order valence-electron chi connectivity index (χ3n) is 1.81. The summed E-state index contributed by atoms with van der Waals surface area (Å²) >= 11 is 8.00. The van der Waals surface area contributed by atoms with E-state index < -0.39 is 0 Å². The quantitative estimate of drug-likeness (QED) is 0.635. The van der Waals surface area contributed by atoms with Crippen LogP contribution in [0.15, 0.2) is 30.9 Å². The minimum absolute atomic E-state index is 0.103. The van der Waals surface area contributed by atoms with E-state index in [0.29, 0.717) is 10.7 Å². The molecular formula is C11H10ClIN2O2. The predicted octanol–water partition coefficient (Wildman–Crippen LogP) is 2.19. The molecule has 0 saturated heterocycles. The van der Waals surface area contributed by atoms with E-state index in [4.69, 9.17) is 11.6 Å². The molecule has 0 fully saturated rings. The number of nitrogens with one attached hydrogen (secondary N) is 2. The minimum Gasteiger partial charge on any atom is -0.343 e. The molecule has 2 N–H and O–H groups in total. The molecule has 0 aliphatic carbocycles. The maximum absolute atomic E-state index is 11.4. The lowest BCUT2D eigenvalue weighted by molar-refractivity contribution is -0.121. The summed E-state index contributed by atoms with van der Waals surface area (Å²) in [6.07, 6.45) is 1.11. The van der Waals surface area contributed by atoms with Gasteiger partial charge in [-0.2, -0.15) is 0 Å². The third kappa shape index (κ3) is 4.74. The molecular weight excluding hydrogens is 354 g/mol. The predicted molar refractivity (Wildman–Crippen MR) is 76.0 cm³/mol. The number of halogens is 2. The Labute approximate surface area is 118 Å². The number of carbonyl (C=O) groups excluding carboxylic acids is 2. The molecule has 0 spiro atoms. The van der Waals surface area contributed by atoms with E-state index in [-0.39, 0.29) is 18.4 Å². The van der Waals surface area contributed by atoms with Gasteiger partial charge in [-0.15, -0.1) is 0 Å². The molecule has 0 unspecified atom stereocenters. The molecule has 0 bridgehead atoms. The second kappa shape index (κ2) is 6.61. The summed E-state index contributed by atoms with van der Waals surface area (Å²) in [5, 5.41) is 5.56. The van der Waals surface area contributed by atoms with E-state index in [1.165, 1.54) is 0 Å². The molecule has 0 atom stereocenters. The van der Waals surface area contributed by atoms with Crippen molar-refractivity contribution in [2.24, 2.45) is 0 Å². The lowest BCUT2D eigenvalue weighted by Crippen LogP contribution is -2.31. The molecule has 0 aliphatic heterocycles. The molecule has 4 nitrogen and oxygen atoms in total. The normalized spacial score (nSPS) is 9.53. The first-order valence-corrected chi connectivity index (χ1v) is 6.13. The van der Waals surface area contributed by atoms with E-state index in [9.17, 15) is 9.59 Å². The van der Waals surface area contributed by atoms with Gasteiger partial charge in [0.15, 0.2) is 0 Å². The summed E-state index contributed by atoms with van der Waals surface area (Å²) in [5.41, 5.74) is 0.591. The lowest BCUT2D eigenvalue weighted by atomic mass is 10.3. The third-order valence-corrected chi connectivity index (χ3v) is 3.38. The van der Waals surface area contributed by atoms with Gasteiger partial charge in [-0.05, 0) is 46.9 Å². The molecule has 0 aromatic heterocycles. The Morgan fingerprint density at radius 1 is 1.47 bits per heavy atom. The SMILES string of the molecule is C=CC(=O)NCC(=O)Nc1ccc(I)c(Cl)c1. The van der Waals surface area contributed by atoms with Crippen molar-refractivity contribution in [2.75, 3.05) is 11.9 Å². The van der Waals surface area contributed by atoms with E-state index in [0.717, 1.165) is 9.65 Å². The van der Waals surface area contributed by atoms with Crippen molar-refractivity contribution < 1.29 is 9.59 Å². The zero-order valence-electron chi connectivity index (χ0n) is 8.80. The van der Waals surface area contributed by atoms with Crippen LogP contribution in [0, 0.1) is 3.57 Å². The van der Waals surface area contributed by atoms with Crippen molar-refractivity contribution in [2.45, 2.75) is 0 Å². The summed E-state index contributed by atoms with van der Waals surface area (Å²) in [6.45, 7) is 3.18. The zero-order valence-corrected chi connectivity index (χ0v) is 11.7. The highest BCUT2D eigenvalue weighted by atomic mass is 127. The average Bonchev–Trinajstić information content (AvgIpc) is 2.31. The molecule has 1 rings (SSSR count). The van der Waals surface area contributed by atoms with Crippen LogP contribution in [-0.2, 0) is 9.59 Å². The van der Waals surface area contributed by atoms with Crippen molar-refractivity contribution in [1.82, 2.24) is 5.32 Å². The largest absolute Gasteiger partial charge is 0.343 e. The number of benzene rings is 1. The first-order chi connectivity index (χ1) is 8.02. The summed E-state index contributed by atoms with van der Waals surface area (Å²) in [5.74, 6) is -0.710. The Kier molecular flexibility index (Phi) is 5.43. The van der Waals surface area contributed by atoms with Crippen molar-refractivity contribution >= 4 is 51.7 Å². The van der Waals surface area contributed by atoms with Crippen LogP contribution in [0.5, 0.6) is 0 Å². The first-order valence-electron chi connectivity index (χ1n) is 4.68. The number of rotatable bonds is 4. The van der Waals surface area contributed by atoms with Gasteiger partial charge in [0.05, 0.1) is 11.6 Å². The van der Waals surface area contributed by atoms with Gasteiger partial charge in [-0.25, -0.2) is 0 Å². The van der Waals surface area contributed by atoms with Crippen LogP contribution in [0.2, 0.25) is 5.02 Å². The highest BCUT2D eigenvalue weighted by Crippen LogP contribution is 2.22. The lowest BCUT2D eigenvalue weighted by Gasteiger charge is -2.06. The van der Waals surface area contributed by atoms with Crippen LogP contribution in [0.25, 0.3) is 0 Å². The van der Waals surface area contributed by atoms with Crippen LogP contribution < -0.4 is 10.6 Å². The average molecular weight is 365 g/mol. The Bertz CT molecular complexity index is 463. The summed E-state index contributed by atoms with van der Waals surface area (Å²) in [4.78, 5) is 22.3. The highest BCUT2D eigenvalue weighted by Gasteiger charge is 2.05. The number of anilines is 1. The van der Waals surface area contributed by atoms with E-state index >= 15 is 0 Å². The van der Waals surface area contributed by atoms with E-state index in [1.54, 1.807) is 18.2 Å². The molecule has 0 radical (unpaired) electrons. The molecule has 0 heterocycles. The topological polar surface area (TPSA) is 58.2 Å².